The lowest BCUT2D eigenvalue weighted by Gasteiger charge is -2.15. The van der Waals surface area contributed by atoms with Crippen molar-refractivity contribution in [1.29, 1.82) is 0 Å². The van der Waals surface area contributed by atoms with Gasteiger partial charge in [0.15, 0.2) is 6.10 Å². The molecule has 3 nitrogen and oxygen atoms in total. The zero-order valence-corrected chi connectivity index (χ0v) is 12.3. The van der Waals surface area contributed by atoms with E-state index in [0.717, 1.165) is 16.5 Å². The highest BCUT2D eigenvalue weighted by Gasteiger charge is 2.15. The summed E-state index contributed by atoms with van der Waals surface area (Å²) in [5.74, 6) is 0.517. The lowest BCUT2D eigenvalue weighted by atomic mass is 10.1. The predicted octanol–water partition coefficient (Wildman–Crippen LogP) is 4.25. The Bertz CT molecular complexity index is 778. The van der Waals surface area contributed by atoms with Crippen LogP contribution in [0.5, 0.6) is 5.75 Å². The van der Waals surface area contributed by atoms with E-state index in [1.807, 2.05) is 72.8 Å². The van der Waals surface area contributed by atoms with Crippen LogP contribution >= 0.6 is 0 Å². The minimum Gasteiger partial charge on any atom is -0.481 e. The molecule has 3 aromatic carbocycles. The fraction of sp³-hybridized carbons (Fsp3) is 0.105. The number of hydrogen-bond donors (Lipinski definition) is 1. The number of ether oxygens (including phenoxy) is 1. The largest absolute Gasteiger partial charge is 0.481 e. The zero-order chi connectivity index (χ0) is 15.4. The normalized spacial score (nSPS) is 11.9. The van der Waals surface area contributed by atoms with E-state index in [1.165, 1.54) is 0 Å². The predicted molar refractivity (Wildman–Crippen MR) is 89.1 cm³/mol. The maximum Gasteiger partial charge on any atom is 0.265 e. The Balaban J connectivity index is 1.75. The van der Waals surface area contributed by atoms with E-state index >= 15 is 0 Å². The number of para-hydroxylation sites is 1. The quantitative estimate of drug-likeness (QED) is 0.780. The van der Waals surface area contributed by atoms with Crippen molar-refractivity contribution in [2.75, 3.05) is 5.32 Å². The van der Waals surface area contributed by atoms with Crippen LogP contribution in [0.1, 0.15) is 6.92 Å². The average Bonchev–Trinajstić information content (AvgIpc) is 2.56. The maximum absolute atomic E-state index is 12.3. The SMILES string of the molecule is C[C@@H](Oc1ccccc1)C(=O)Nc1cccc2ccccc12. The average molecular weight is 291 g/mol. The minimum atomic E-state index is -0.568. The first-order valence-electron chi connectivity index (χ1n) is 7.24. The van der Waals surface area contributed by atoms with Crippen LogP contribution in [-0.4, -0.2) is 12.0 Å². The second-order valence-electron chi connectivity index (χ2n) is 5.09. The van der Waals surface area contributed by atoms with Crippen molar-refractivity contribution in [3.05, 3.63) is 72.8 Å². The number of benzene rings is 3. The van der Waals surface area contributed by atoms with Gasteiger partial charge in [0, 0.05) is 11.1 Å². The van der Waals surface area contributed by atoms with Crippen LogP contribution < -0.4 is 10.1 Å². The first-order valence-corrected chi connectivity index (χ1v) is 7.24. The minimum absolute atomic E-state index is 0.166. The summed E-state index contributed by atoms with van der Waals surface area (Å²) < 4.78 is 5.65. The molecule has 0 aliphatic carbocycles. The van der Waals surface area contributed by atoms with Gasteiger partial charge in [0.25, 0.3) is 5.91 Å². The van der Waals surface area contributed by atoms with Gasteiger partial charge in [-0.1, -0.05) is 54.6 Å². The summed E-state index contributed by atoms with van der Waals surface area (Å²) in [5, 5.41) is 5.05. The summed E-state index contributed by atoms with van der Waals surface area (Å²) in [6.45, 7) is 1.74. The first-order chi connectivity index (χ1) is 10.7. The molecular formula is C19H17NO2. The summed E-state index contributed by atoms with van der Waals surface area (Å²) in [6, 6.07) is 23.1. The summed E-state index contributed by atoms with van der Waals surface area (Å²) in [5.41, 5.74) is 0.798. The first kappa shape index (κ1) is 14.1. The van der Waals surface area contributed by atoms with Gasteiger partial charge in [-0.15, -0.1) is 0 Å². The Morgan fingerprint density at radius 2 is 1.59 bits per heavy atom. The summed E-state index contributed by atoms with van der Waals surface area (Å²) >= 11 is 0. The number of fused-ring (bicyclic) bond motifs is 1. The molecule has 0 fully saturated rings. The molecule has 22 heavy (non-hydrogen) atoms. The van der Waals surface area contributed by atoms with Crippen molar-refractivity contribution >= 4 is 22.4 Å². The standard InChI is InChI=1S/C19H17NO2/c1-14(22-16-10-3-2-4-11-16)19(21)20-18-13-7-9-15-8-5-6-12-17(15)18/h2-14H,1H3,(H,20,21)/t14-/m1/s1. The highest BCUT2D eigenvalue weighted by atomic mass is 16.5. The molecule has 1 N–H and O–H groups in total. The molecule has 3 heteroatoms. The number of hydrogen-bond acceptors (Lipinski definition) is 2. The van der Waals surface area contributed by atoms with Crippen LogP contribution in [0.3, 0.4) is 0 Å². The third-order valence-corrected chi connectivity index (χ3v) is 3.47. The molecule has 0 aromatic heterocycles. The van der Waals surface area contributed by atoms with Gasteiger partial charge < -0.3 is 10.1 Å². The third kappa shape index (κ3) is 3.09. The third-order valence-electron chi connectivity index (χ3n) is 3.47. The number of anilines is 1. The van der Waals surface area contributed by atoms with E-state index in [2.05, 4.69) is 5.32 Å². The van der Waals surface area contributed by atoms with Crippen LogP contribution in [0.4, 0.5) is 5.69 Å². The maximum atomic E-state index is 12.3. The lowest BCUT2D eigenvalue weighted by molar-refractivity contribution is -0.122. The molecule has 1 amide bonds. The van der Waals surface area contributed by atoms with Gasteiger partial charge in [0.05, 0.1) is 0 Å². The monoisotopic (exact) mass is 291 g/mol. The number of carbonyl (C=O) groups excluding carboxylic acids is 1. The molecule has 0 bridgehead atoms. The van der Waals surface area contributed by atoms with Crippen molar-refractivity contribution in [2.24, 2.45) is 0 Å². The molecule has 0 aliphatic rings. The van der Waals surface area contributed by atoms with E-state index in [9.17, 15) is 4.79 Å². The Labute approximate surface area is 129 Å². The number of nitrogens with one attached hydrogen (secondary N) is 1. The van der Waals surface area contributed by atoms with Crippen LogP contribution in [0.25, 0.3) is 10.8 Å². The highest BCUT2D eigenvalue weighted by Crippen LogP contribution is 2.23. The highest BCUT2D eigenvalue weighted by molar-refractivity contribution is 6.03. The van der Waals surface area contributed by atoms with Gasteiger partial charge in [0.2, 0.25) is 0 Å². The molecule has 0 saturated heterocycles. The van der Waals surface area contributed by atoms with E-state index < -0.39 is 6.10 Å². The van der Waals surface area contributed by atoms with Gasteiger partial charge in [-0.05, 0) is 30.5 Å². The molecule has 0 unspecified atom stereocenters. The zero-order valence-electron chi connectivity index (χ0n) is 12.3. The molecule has 3 rings (SSSR count). The molecule has 0 heterocycles. The van der Waals surface area contributed by atoms with Crippen molar-refractivity contribution in [1.82, 2.24) is 0 Å². The van der Waals surface area contributed by atoms with Gasteiger partial charge in [-0.3, -0.25) is 4.79 Å². The van der Waals surface area contributed by atoms with Gasteiger partial charge >= 0.3 is 0 Å². The molecular weight excluding hydrogens is 274 g/mol. The van der Waals surface area contributed by atoms with Crippen LogP contribution in [0.15, 0.2) is 72.8 Å². The Kier molecular flexibility index (Phi) is 4.05. The van der Waals surface area contributed by atoms with Gasteiger partial charge in [-0.2, -0.15) is 0 Å². The fourth-order valence-corrected chi connectivity index (χ4v) is 2.33. The van der Waals surface area contributed by atoms with Crippen molar-refractivity contribution in [2.45, 2.75) is 13.0 Å². The molecule has 0 aliphatic heterocycles. The van der Waals surface area contributed by atoms with Crippen LogP contribution in [0, 0.1) is 0 Å². The topological polar surface area (TPSA) is 38.3 Å². The molecule has 0 spiro atoms. The van der Waals surface area contributed by atoms with Crippen LogP contribution in [-0.2, 0) is 4.79 Å². The Morgan fingerprint density at radius 1 is 0.909 bits per heavy atom. The lowest BCUT2D eigenvalue weighted by Crippen LogP contribution is -2.30. The molecule has 1 atom stereocenters. The fourth-order valence-electron chi connectivity index (χ4n) is 2.33. The number of rotatable bonds is 4. The van der Waals surface area contributed by atoms with Crippen molar-refractivity contribution in [3.8, 4) is 5.75 Å². The van der Waals surface area contributed by atoms with Crippen molar-refractivity contribution in [3.63, 3.8) is 0 Å². The second-order valence-corrected chi connectivity index (χ2v) is 5.09. The molecule has 110 valence electrons. The van der Waals surface area contributed by atoms with E-state index in [4.69, 9.17) is 4.74 Å². The van der Waals surface area contributed by atoms with Gasteiger partial charge in [-0.25, -0.2) is 0 Å². The van der Waals surface area contributed by atoms with E-state index in [0.29, 0.717) is 5.75 Å². The van der Waals surface area contributed by atoms with E-state index in [1.54, 1.807) is 6.92 Å². The number of amides is 1. The van der Waals surface area contributed by atoms with Crippen LogP contribution in [0.2, 0.25) is 0 Å². The van der Waals surface area contributed by atoms with Crippen molar-refractivity contribution < 1.29 is 9.53 Å². The smallest absolute Gasteiger partial charge is 0.265 e. The summed E-state index contributed by atoms with van der Waals surface area (Å²) in [7, 11) is 0. The summed E-state index contributed by atoms with van der Waals surface area (Å²) in [6.07, 6.45) is -0.568. The molecule has 0 radical (unpaired) electrons. The molecule has 0 saturated carbocycles. The van der Waals surface area contributed by atoms with E-state index in [-0.39, 0.29) is 5.91 Å². The number of carbonyl (C=O) groups is 1. The Hall–Kier alpha value is -2.81. The summed E-state index contributed by atoms with van der Waals surface area (Å²) in [4.78, 5) is 12.3. The molecule has 3 aromatic rings. The van der Waals surface area contributed by atoms with Gasteiger partial charge in [0.1, 0.15) is 5.75 Å². The second kappa shape index (κ2) is 6.31. The Morgan fingerprint density at radius 3 is 2.41 bits per heavy atom.